The lowest BCUT2D eigenvalue weighted by atomic mass is 10.0. The largest absolute Gasteiger partial charge is 0.497 e. The molecule has 8 nitrogen and oxygen atoms in total. The van der Waals surface area contributed by atoms with Crippen LogP contribution in [0.2, 0.25) is 0 Å². The lowest BCUT2D eigenvalue weighted by Crippen LogP contribution is -2.28. The van der Waals surface area contributed by atoms with Crippen molar-refractivity contribution in [3.05, 3.63) is 47.5 Å². The highest BCUT2D eigenvalue weighted by molar-refractivity contribution is 6.01. The first kappa shape index (κ1) is 24.1. The van der Waals surface area contributed by atoms with Crippen LogP contribution >= 0.6 is 0 Å². The van der Waals surface area contributed by atoms with E-state index in [1.807, 2.05) is 32.0 Å². The summed E-state index contributed by atoms with van der Waals surface area (Å²) in [4.78, 5) is 39.1. The maximum Gasteiger partial charge on any atom is 0.311 e. The number of amides is 2. The van der Waals surface area contributed by atoms with Gasteiger partial charge >= 0.3 is 5.97 Å². The molecular formula is C25H30N2O6. The first-order chi connectivity index (χ1) is 15.9. The predicted octanol–water partition coefficient (Wildman–Crippen LogP) is 3.36. The van der Waals surface area contributed by atoms with E-state index in [2.05, 4.69) is 5.32 Å². The van der Waals surface area contributed by atoms with E-state index < -0.39 is 24.4 Å². The fourth-order valence-corrected chi connectivity index (χ4v) is 3.94. The Balaban J connectivity index is 1.61. The van der Waals surface area contributed by atoms with E-state index in [0.29, 0.717) is 17.2 Å². The number of aryl methyl sites for hydroxylation is 2. The third-order valence-corrected chi connectivity index (χ3v) is 5.74. The monoisotopic (exact) mass is 454 g/mol. The number of ether oxygens (including phenoxy) is 3. The highest BCUT2D eigenvalue weighted by Crippen LogP contribution is 2.36. The van der Waals surface area contributed by atoms with Crippen molar-refractivity contribution >= 4 is 29.2 Å². The average Bonchev–Trinajstić information content (AvgIpc) is 3.23. The minimum atomic E-state index is -0.661. The summed E-state index contributed by atoms with van der Waals surface area (Å²) in [6, 6.07) is 11.0. The molecule has 0 radical (unpaired) electrons. The van der Waals surface area contributed by atoms with Crippen LogP contribution in [-0.4, -0.2) is 45.2 Å². The summed E-state index contributed by atoms with van der Waals surface area (Å²) in [6.07, 6.45) is 1.56. The predicted molar refractivity (Wildman–Crippen MR) is 125 cm³/mol. The molecule has 3 rings (SSSR count). The number of para-hydroxylation sites is 1. The van der Waals surface area contributed by atoms with Crippen molar-refractivity contribution in [2.24, 2.45) is 5.92 Å². The van der Waals surface area contributed by atoms with Gasteiger partial charge in [0.25, 0.3) is 5.91 Å². The Bertz CT molecular complexity index is 1010. The maximum absolute atomic E-state index is 12.6. The number of esters is 1. The summed E-state index contributed by atoms with van der Waals surface area (Å²) in [7, 11) is 3.05. The highest BCUT2D eigenvalue weighted by atomic mass is 16.5. The number of carbonyl (C=O) groups is 3. The van der Waals surface area contributed by atoms with E-state index >= 15 is 0 Å². The van der Waals surface area contributed by atoms with Gasteiger partial charge in [-0.15, -0.1) is 0 Å². The minimum absolute atomic E-state index is 0.00822. The van der Waals surface area contributed by atoms with Gasteiger partial charge in [-0.3, -0.25) is 14.4 Å². The molecule has 1 N–H and O–H groups in total. The number of nitrogens with one attached hydrogen (secondary N) is 1. The molecule has 1 atom stereocenters. The standard InChI is InChI=1S/C25H30N2O6/c1-5-16-8-7-9-17(6-2)24(16)26-22(28)15-33-25(30)18-12-23(29)27(14-18)20-11-10-19(31-3)13-21(20)32-4/h7-11,13,18H,5-6,12,14-15H2,1-4H3,(H,26,28)/t18-/m1/s1. The van der Waals surface area contributed by atoms with E-state index in [0.717, 1.165) is 29.7 Å². The normalized spacial score (nSPS) is 15.3. The lowest BCUT2D eigenvalue weighted by molar-refractivity contribution is -0.151. The molecule has 0 aromatic heterocycles. The van der Waals surface area contributed by atoms with E-state index in [1.54, 1.807) is 25.3 Å². The van der Waals surface area contributed by atoms with Gasteiger partial charge in [-0.2, -0.15) is 0 Å². The number of hydrogen-bond donors (Lipinski definition) is 1. The zero-order chi connectivity index (χ0) is 24.0. The summed E-state index contributed by atoms with van der Waals surface area (Å²) in [6.45, 7) is 3.79. The number of anilines is 2. The smallest absolute Gasteiger partial charge is 0.311 e. The van der Waals surface area contributed by atoms with Crippen molar-refractivity contribution in [3.63, 3.8) is 0 Å². The van der Waals surface area contributed by atoms with Crippen LogP contribution in [0.15, 0.2) is 36.4 Å². The average molecular weight is 455 g/mol. The van der Waals surface area contributed by atoms with Gasteiger partial charge in [0, 0.05) is 24.7 Å². The molecule has 0 saturated carbocycles. The lowest BCUT2D eigenvalue weighted by Gasteiger charge is -2.20. The summed E-state index contributed by atoms with van der Waals surface area (Å²) >= 11 is 0. The maximum atomic E-state index is 12.6. The molecule has 1 saturated heterocycles. The van der Waals surface area contributed by atoms with Crippen molar-refractivity contribution in [2.45, 2.75) is 33.1 Å². The highest BCUT2D eigenvalue weighted by Gasteiger charge is 2.37. The molecule has 0 aliphatic carbocycles. The van der Waals surface area contributed by atoms with Crippen LogP contribution in [0.3, 0.4) is 0 Å². The number of rotatable bonds is 9. The Morgan fingerprint density at radius 3 is 2.36 bits per heavy atom. The van der Waals surface area contributed by atoms with Gasteiger partial charge in [0.05, 0.1) is 25.8 Å². The molecule has 2 amide bonds. The Labute approximate surface area is 193 Å². The summed E-state index contributed by atoms with van der Waals surface area (Å²) in [5.74, 6) is -0.789. The second kappa shape index (κ2) is 10.8. The molecule has 2 aromatic carbocycles. The fraction of sp³-hybridized carbons (Fsp3) is 0.400. The molecule has 1 aliphatic rings. The van der Waals surface area contributed by atoms with Gasteiger partial charge in [0.15, 0.2) is 6.61 Å². The molecule has 2 aromatic rings. The van der Waals surface area contributed by atoms with Gasteiger partial charge < -0.3 is 24.4 Å². The van der Waals surface area contributed by atoms with Crippen LogP contribution in [-0.2, 0) is 32.0 Å². The van der Waals surface area contributed by atoms with Crippen molar-refractivity contribution in [1.82, 2.24) is 0 Å². The topological polar surface area (TPSA) is 94.2 Å². The molecule has 8 heteroatoms. The molecular weight excluding hydrogens is 424 g/mol. The van der Waals surface area contributed by atoms with Gasteiger partial charge in [0.1, 0.15) is 11.5 Å². The Kier molecular flexibility index (Phi) is 7.92. The van der Waals surface area contributed by atoms with Crippen LogP contribution in [0.25, 0.3) is 0 Å². The molecule has 1 fully saturated rings. The molecule has 1 aliphatic heterocycles. The van der Waals surface area contributed by atoms with Crippen LogP contribution < -0.4 is 19.7 Å². The van der Waals surface area contributed by atoms with Crippen LogP contribution in [0.1, 0.15) is 31.4 Å². The first-order valence-corrected chi connectivity index (χ1v) is 11.0. The van der Waals surface area contributed by atoms with E-state index in [4.69, 9.17) is 14.2 Å². The second-order valence-corrected chi connectivity index (χ2v) is 7.76. The van der Waals surface area contributed by atoms with Gasteiger partial charge in [0.2, 0.25) is 5.91 Å². The van der Waals surface area contributed by atoms with Gasteiger partial charge in [-0.1, -0.05) is 32.0 Å². The zero-order valence-electron chi connectivity index (χ0n) is 19.5. The van der Waals surface area contributed by atoms with Crippen LogP contribution in [0.4, 0.5) is 11.4 Å². The fourth-order valence-electron chi connectivity index (χ4n) is 3.94. The third-order valence-electron chi connectivity index (χ3n) is 5.74. The summed E-state index contributed by atoms with van der Waals surface area (Å²) in [5.41, 5.74) is 3.39. The van der Waals surface area contributed by atoms with Crippen molar-refractivity contribution in [2.75, 3.05) is 37.6 Å². The number of methoxy groups -OCH3 is 2. The SMILES string of the molecule is CCc1cccc(CC)c1NC(=O)COC(=O)[C@@H]1CC(=O)N(c2ccc(OC)cc2OC)C1. The molecule has 1 heterocycles. The minimum Gasteiger partial charge on any atom is -0.497 e. The van der Waals surface area contributed by atoms with E-state index in [-0.39, 0.29) is 18.9 Å². The van der Waals surface area contributed by atoms with Crippen molar-refractivity contribution < 1.29 is 28.6 Å². The molecule has 33 heavy (non-hydrogen) atoms. The number of nitrogens with zero attached hydrogens (tertiary/aromatic N) is 1. The second-order valence-electron chi connectivity index (χ2n) is 7.76. The van der Waals surface area contributed by atoms with Gasteiger partial charge in [-0.05, 0) is 36.1 Å². The van der Waals surface area contributed by atoms with Crippen LogP contribution in [0, 0.1) is 5.92 Å². The number of hydrogen-bond acceptors (Lipinski definition) is 6. The van der Waals surface area contributed by atoms with Crippen molar-refractivity contribution in [3.8, 4) is 11.5 Å². The van der Waals surface area contributed by atoms with Crippen molar-refractivity contribution in [1.29, 1.82) is 0 Å². The molecule has 0 spiro atoms. The number of carbonyl (C=O) groups excluding carboxylic acids is 3. The van der Waals surface area contributed by atoms with E-state index in [9.17, 15) is 14.4 Å². The molecule has 0 bridgehead atoms. The summed E-state index contributed by atoms with van der Waals surface area (Å²) in [5, 5.41) is 2.87. The van der Waals surface area contributed by atoms with E-state index in [1.165, 1.54) is 12.0 Å². The number of benzene rings is 2. The Morgan fingerprint density at radius 2 is 1.76 bits per heavy atom. The third kappa shape index (κ3) is 5.45. The first-order valence-electron chi connectivity index (χ1n) is 11.0. The Morgan fingerprint density at radius 1 is 1.06 bits per heavy atom. The zero-order valence-corrected chi connectivity index (χ0v) is 19.5. The Hall–Kier alpha value is -3.55. The molecule has 0 unspecified atom stereocenters. The quantitative estimate of drug-likeness (QED) is 0.584. The van der Waals surface area contributed by atoms with Gasteiger partial charge in [-0.25, -0.2) is 0 Å². The summed E-state index contributed by atoms with van der Waals surface area (Å²) < 4.78 is 15.8. The molecule has 176 valence electrons. The van der Waals surface area contributed by atoms with Crippen LogP contribution in [0.5, 0.6) is 11.5 Å².